The van der Waals surface area contributed by atoms with E-state index in [1.54, 1.807) is 7.11 Å². The van der Waals surface area contributed by atoms with Gasteiger partial charge in [0.15, 0.2) is 5.82 Å². The van der Waals surface area contributed by atoms with Crippen LogP contribution < -0.4 is 16.0 Å². The topological polar surface area (TPSA) is 130 Å². The Morgan fingerprint density at radius 1 is 1.24 bits per heavy atom. The summed E-state index contributed by atoms with van der Waals surface area (Å²) < 4.78 is 21.0. The lowest BCUT2D eigenvalue weighted by atomic mass is 10.00. The van der Waals surface area contributed by atoms with Crippen molar-refractivity contribution in [1.29, 1.82) is 0 Å². The number of aromatic nitrogens is 1. The van der Waals surface area contributed by atoms with Crippen molar-refractivity contribution in [2.45, 2.75) is 70.2 Å². The minimum atomic E-state index is -0.848. The van der Waals surface area contributed by atoms with Gasteiger partial charge in [0.2, 0.25) is 11.8 Å². The summed E-state index contributed by atoms with van der Waals surface area (Å²) in [5, 5.41) is 8.36. The van der Waals surface area contributed by atoms with Gasteiger partial charge in [0, 0.05) is 29.5 Å². The molecule has 3 N–H and O–H groups in total. The molecule has 5 amide bonds. The fraction of sp³-hybridized carbons (Fsp3) is 0.480. The molecule has 1 saturated heterocycles. The van der Waals surface area contributed by atoms with Crippen LogP contribution in [0.15, 0.2) is 12.1 Å². The van der Waals surface area contributed by atoms with Gasteiger partial charge in [-0.15, -0.1) is 11.3 Å². The van der Waals surface area contributed by atoms with Crippen LogP contribution >= 0.6 is 11.3 Å². The van der Waals surface area contributed by atoms with Gasteiger partial charge in [0.25, 0.3) is 5.91 Å². The van der Waals surface area contributed by atoms with E-state index >= 15 is 4.39 Å². The molecule has 3 heterocycles. The van der Waals surface area contributed by atoms with E-state index in [0.29, 0.717) is 0 Å². The number of halogens is 1. The fourth-order valence-electron chi connectivity index (χ4n) is 5.07. The summed E-state index contributed by atoms with van der Waals surface area (Å²) in [4.78, 5) is 56.6. The minimum Gasteiger partial charge on any atom is -0.375 e. The van der Waals surface area contributed by atoms with Crippen LogP contribution in [0.2, 0.25) is 0 Å². The summed E-state index contributed by atoms with van der Waals surface area (Å²) in [7, 11) is 1.67. The first-order valence-electron chi connectivity index (χ1n) is 12.2. The molecule has 37 heavy (non-hydrogen) atoms. The second kappa shape index (κ2) is 9.49. The molecule has 5 rings (SSSR count). The molecule has 0 saturated carbocycles. The number of rotatable bonds is 5. The number of imide groups is 1. The monoisotopic (exact) mass is 529 g/mol. The first-order chi connectivity index (χ1) is 17.6. The van der Waals surface area contributed by atoms with E-state index in [4.69, 9.17) is 9.72 Å². The van der Waals surface area contributed by atoms with Crippen LogP contribution in [-0.4, -0.2) is 46.8 Å². The Hall–Kier alpha value is -3.38. The van der Waals surface area contributed by atoms with Gasteiger partial charge in [0.1, 0.15) is 17.2 Å². The molecule has 196 valence electrons. The van der Waals surface area contributed by atoms with E-state index in [2.05, 4.69) is 16.0 Å². The lowest BCUT2D eigenvalue weighted by molar-refractivity contribution is -0.136. The SMILES string of the molecule is COC1CCCc2sc(C(C)(C)NC(=O)Nc3ccc4c(c3F)CN(C3CCC(=O)NC3=O)C4=O)nc21. The van der Waals surface area contributed by atoms with Crippen LogP contribution in [0, 0.1) is 5.82 Å². The maximum Gasteiger partial charge on any atom is 0.320 e. The number of thiazole rings is 1. The van der Waals surface area contributed by atoms with E-state index in [9.17, 15) is 19.2 Å². The number of carbonyl (C=O) groups excluding carboxylic acids is 4. The molecular formula is C25H28FN5O5S. The molecule has 1 fully saturated rings. The number of fused-ring (bicyclic) bond motifs is 2. The molecule has 1 aromatic carbocycles. The number of anilines is 1. The Morgan fingerprint density at radius 2 is 2.03 bits per heavy atom. The van der Waals surface area contributed by atoms with E-state index < -0.39 is 41.2 Å². The van der Waals surface area contributed by atoms with Crippen molar-refractivity contribution in [3.05, 3.63) is 44.7 Å². The summed E-state index contributed by atoms with van der Waals surface area (Å²) in [6.07, 6.45) is 3.08. The highest BCUT2D eigenvalue weighted by Gasteiger charge is 2.41. The first-order valence-corrected chi connectivity index (χ1v) is 13.0. The number of benzene rings is 1. The number of nitrogens with zero attached hydrogens (tertiary/aromatic N) is 2. The van der Waals surface area contributed by atoms with Crippen molar-refractivity contribution in [3.63, 3.8) is 0 Å². The molecule has 2 aromatic rings. The molecule has 0 spiro atoms. The highest BCUT2D eigenvalue weighted by atomic mass is 32.1. The lowest BCUT2D eigenvalue weighted by Crippen LogP contribution is -2.52. The molecule has 2 unspecified atom stereocenters. The van der Waals surface area contributed by atoms with E-state index in [1.165, 1.54) is 28.4 Å². The van der Waals surface area contributed by atoms with Crippen molar-refractivity contribution in [1.82, 2.24) is 20.5 Å². The maximum atomic E-state index is 15.4. The third-order valence-electron chi connectivity index (χ3n) is 7.05. The number of nitrogens with one attached hydrogen (secondary N) is 3. The number of urea groups is 1. The highest BCUT2D eigenvalue weighted by molar-refractivity contribution is 7.11. The van der Waals surface area contributed by atoms with Gasteiger partial charge < -0.3 is 20.3 Å². The molecule has 2 aliphatic heterocycles. The number of piperidine rings is 1. The van der Waals surface area contributed by atoms with Crippen molar-refractivity contribution >= 4 is 40.8 Å². The van der Waals surface area contributed by atoms with Crippen molar-refractivity contribution in [2.24, 2.45) is 0 Å². The summed E-state index contributed by atoms with van der Waals surface area (Å²) in [6, 6.07) is 1.30. The Bertz CT molecular complexity index is 1310. The van der Waals surface area contributed by atoms with Crippen molar-refractivity contribution < 1.29 is 28.3 Å². The standard InChI is InChI=1S/C25H28FN5O5S/c1-25(2,23-29-20-16(36-3)5-4-6-17(20)37-23)30-24(35)27-14-8-7-12-13(19(14)26)11-31(22(12)34)15-9-10-18(32)28-21(15)33/h7-8,15-16H,4-6,9-11H2,1-3H3,(H2,27,30,35)(H,28,32,33). The zero-order valence-electron chi connectivity index (χ0n) is 20.8. The molecule has 12 heteroatoms. The Morgan fingerprint density at radius 3 is 2.76 bits per heavy atom. The molecule has 3 aliphatic rings. The Kier molecular flexibility index (Phi) is 6.48. The van der Waals surface area contributed by atoms with Crippen molar-refractivity contribution in [2.75, 3.05) is 12.4 Å². The number of carbonyl (C=O) groups is 4. The zero-order valence-corrected chi connectivity index (χ0v) is 21.6. The second-order valence-electron chi connectivity index (χ2n) is 10.0. The summed E-state index contributed by atoms with van der Waals surface area (Å²) in [5.74, 6) is -2.18. The van der Waals surface area contributed by atoms with Gasteiger partial charge in [-0.2, -0.15) is 0 Å². The average molecular weight is 530 g/mol. The van der Waals surface area contributed by atoms with Crippen LogP contribution in [0.25, 0.3) is 0 Å². The largest absolute Gasteiger partial charge is 0.375 e. The quantitative estimate of drug-likeness (QED) is 0.511. The molecule has 0 radical (unpaired) electrons. The molecule has 1 aromatic heterocycles. The van der Waals surface area contributed by atoms with Crippen molar-refractivity contribution in [3.8, 4) is 0 Å². The predicted octanol–water partition coefficient (Wildman–Crippen LogP) is 3.12. The number of methoxy groups -OCH3 is 1. The van der Waals surface area contributed by atoms with Crippen LogP contribution in [0.1, 0.15) is 77.1 Å². The average Bonchev–Trinajstić information content (AvgIpc) is 3.43. The second-order valence-corrected chi connectivity index (χ2v) is 11.1. The third kappa shape index (κ3) is 4.59. The molecule has 1 aliphatic carbocycles. The zero-order chi connectivity index (χ0) is 26.5. The lowest BCUT2D eigenvalue weighted by Gasteiger charge is -2.29. The number of hydrogen-bond donors (Lipinski definition) is 3. The highest BCUT2D eigenvalue weighted by Crippen LogP contribution is 2.38. The molecular weight excluding hydrogens is 501 g/mol. The van der Waals surface area contributed by atoms with Crippen LogP contribution in [-0.2, 0) is 32.8 Å². The van der Waals surface area contributed by atoms with Gasteiger partial charge in [-0.3, -0.25) is 19.7 Å². The molecule has 10 nitrogen and oxygen atoms in total. The summed E-state index contributed by atoms with van der Waals surface area (Å²) in [5.41, 5.74) is 0.247. The maximum absolute atomic E-state index is 15.4. The van der Waals surface area contributed by atoms with Gasteiger partial charge in [-0.1, -0.05) is 0 Å². The number of hydrogen-bond acceptors (Lipinski definition) is 7. The van der Waals surface area contributed by atoms with Gasteiger partial charge in [-0.25, -0.2) is 14.2 Å². The number of aryl methyl sites for hydroxylation is 1. The first kappa shape index (κ1) is 25.3. The summed E-state index contributed by atoms with van der Waals surface area (Å²) in [6.45, 7) is 3.53. The van der Waals surface area contributed by atoms with Crippen LogP contribution in [0.4, 0.5) is 14.9 Å². The normalized spacial score (nSPS) is 21.4. The molecule has 2 atom stereocenters. The Labute approximate surface area is 217 Å². The predicted molar refractivity (Wildman–Crippen MR) is 132 cm³/mol. The van der Waals surface area contributed by atoms with Gasteiger partial charge in [0.05, 0.1) is 23.5 Å². The number of amides is 5. The molecule has 0 bridgehead atoms. The smallest absolute Gasteiger partial charge is 0.320 e. The van der Waals surface area contributed by atoms with Gasteiger partial charge >= 0.3 is 6.03 Å². The summed E-state index contributed by atoms with van der Waals surface area (Å²) >= 11 is 1.54. The van der Waals surface area contributed by atoms with Crippen LogP contribution in [0.3, 0.4) is 0 Å². The third-order valence-corrected chi connectivity index (χ3v) is 8.50. The fourth-order valence-corrected chi connectivity index (χ4v) is 6.28. The van der Waals surface area contributed by atoms with E-state index in [1.807, 2.05) is 13.8 Å². The van der Waals surface area contributed by atoms with E-state index in [-0.39, 0.29) is 42.3 Å². The minimum absolute atomic E-state index is 0.0543. The van der Waals surface area contributed by atoms with Crippen LogP contribution in [0.5, 0.6) is 0 Å². The van der Waals surface area contributed by atoms with E-state index in [0.717, 1.165) is 34.8 Å². The van der Waals surface area contributed by atoms with Gasteiger partial charge in [-0.05, 0) is 51.7 Å². The number of ether oxygens (including phenoxy) is 1. The Balaban J connectivity index is 1.29.